The maximum Gasteiger partial charge on any atom is 0.573 e. The van der Waals surface area contributed by atoms with Gasteiger partial charge in [0.25, 0.3) is 5.91 Å². The third kappa shape index (κ3) is 4.85. The first kappa shape index (κ1) is 17.1. The highest BCUT2D eigenvalue weighted by Crippen LogP contribution is 2.27. The standard InChI is InChI=1S/C14H14F3NO5/c15-14(16,17)23-11-4-2-1-3-10(11)13(21)18-5-6-22-9(8-18)7-12(19)20/h1-4,9H,5-8H2,(H,19,20). The monoisotopic (exact) mass is 333 g/mol. The predicted molar refractivity (Wildman–Crippen MR) is 71.0 cm³/mol. The fourth-order valence-corrected chi connectivity index (χ4v) is 2.25. The summed E-state index contributed by atoms with van der Waals surface area (Å²) < 4.78 is 46.3. The van der Waals surface area contributed by atoms with E-state index in [2.05, 4.69) is 4.74 Å². The van der Waals surface area contributed by atoms with Crippen LogP contribution in [0.15, 0.2) is 24.3 Å². The fourth-order valence-electron chi connectivity index (χ4n) is 2.25. The molecular formula is C14H14F3NO5. The molecule has 0 aromatic heterocycles. The highest BCUT2D eigenvalue weighted by molar-refractivity contribution is 5.97. The van der Waals surface area contributed by atoms with Crippen LogP contribution < -0.4 is 4.74 Å². The van der Waals surface area contributed by atoms with Gasteiger partial charge in [0.15, 0.2) is 0 Å². The number of benzene rings is 1. The van der Waals surface area contributed by atoms with Crippen LogP contribution in [0.1, 0.15) is 16.8 Å². The van der Waals surface area contributed by atoms with Gasteiger partial charge in [-0.3, -0.25) is 9.59 Å². The molecule has 1 aliphatic heterocycles. The van der Waals surface area contributed by atoms with Crippen LogP contribution in [0.5, 0.6) is 5.75 Å². The minimum Gasteiger partial charge on any atom is -0.481 e. The average Bonchev–Trinajstić information content (AvgIpc) is 2.45. The molecule has 1 aromatic carbocycles. The number of morpholine rings is 1. The number of amides is 1. The van der Waals surface area contributed by atoms with Gasteiger partial charge < -0.3 is 19.5 Å². The molecule has 2 rings (SSSR count). The first-order chi connectivity index (χ1) is 10.8. The number of carbonyl (C=O) groups excluding carboxylic acids is 1. The lowest BCUT2D eigenvalue weighted by Gasteiger charge is -2.32. The smallest absolute Gasteiger partial charge is 0.481 e. The fraction of sp³-hybridized carbons (Fsp3) is 0.429. The van der Waals surface area contributed by atoms with Crippen LogP contribution in [0.3, 0.4) is 0 Å². The van der Waals surface area contributed by atoms with Gasteiger partial charge in [0.1, 0.15) is 5.75 Å². The Morgan fingerprint density at radius 1 is 1.35 bits per heavy atom. The molecule has 1 fully saturated rings. The molecule has 23 heavy (non-hydrogen) atoms. The van der Waals surface area contributed by atoms with Crippen LogP contribution in [-0.2, 0) is 9.53 Å². The number of carboxylic acids is 1. The Hall–Kier alpha value is -2.29. The van der Waals surface area contributed by atoms with Crippen LogP contribution in [0, 0.1) is 0 Å². The lowest BCUT2D eigenvalue weighted by molar-refractivity contribution is -0.274. The van der Waals surface area contributed by atoms with E-state index in [0.29, 0.717) is 0 Å². The molecule has 1 heterocycles. The summed E-state index contributed by atoms with van der Waals surface area (Å²) in [6.07, 6.45) is -5.89. The number of nitrogens with zero attached hydrogens (tertiary/aromatic N) is 1. The van der Waals surface area contributed by atoms with Crippen molar-refractivity contribution >= 4 is 11.9 Å². The molecule has 1 atom stereocenters. The maximum atomic E-state index is 12.4. The third-order valence-electron chi connectivity index (χ3n) is 3.17. The average molecular weight is 333 g/mol. The molecule has 1 aliphatic rings. The van der Waals surface area contributed by atoms with Gasteiger partial charge in [-0.05, 0) is 12.1 Å². The van der Waals surface area contributed by atoms with Gasteiger partial charge >= 0.3 is 12.3 Å². The number of rotatable bonds is 4. The summed E-state index contributed by atoms with van der Waals surface area (Å²) in [4.78, 5) is 24.4. The normalized spacial score (nSPS) is 18.6. The van der Waals surface area contributed by atoms with Crippen molar-refractivity contribution in [1.29, 1.82) is 0 Å². The largest absolute Gasteiger partial charge is 0.573 e. The summed E-state index contributed by atoms with van der Waals surface area (Å²) in [7, 11) is 0. The van der Waals surface area contributed by atoms with E-state index in [1.54, 1.807) is 0 Å². The lowest BCUT2D eigenvalue weighted by Crippen LogP contribution is -2.46. The Morgan fingerprint density at radius 2 is 2.04 bits per heavy atom. The second-order valence-electron chi connectivity index (χ2n) is 4.89. The first-order valence-electron chi connectivity index (χ1n) is 6.73. The van der Waals surface area contributed by atoms with Crippen LogP contribution in [0.25, 0.3) is 0 Å². The van der Waals surface area contributed by atoms with Crippen molar-refractivity contribution in [3.8, 4) is 5.75 Å². The molecule has 0 bridgehead atoms. The van der Waals surface area contributed by atoms with Crippen molar-refractivity contribution in [3.05, 3.63) is 29.8 Å². The van der Waals surface area contributed by atoms with Crippen molar-refractivity contribution in [3.63, 3.8) is 0 Å². The Kier molecular flexibility index (Phi) is 5.09. The van der Waals surface area contributed by atoms with Gasteiger partial charge in [-0.25, -0.2) is 0 Å². The van der Waals surface area contributed by atoms with Gasteiger partial charge in [0.2, 0.25) is 0 Å². The van der Waals surface area contributed by atoms with E-state index in [1.165, 1.54) is 23.1 Å². The topological polar surface area (TPSA) is 76.1 Å². The van der Waals surface area contributed by atoms with Crippen molar-refractivity contribution in [2.24, 2.45) is 0 Å². The zero-order chi connectivity index (χ0) is 17.0. The SMILES string of the molecule is O=C(O)CC1CN(C(=O)c2ccccc2OC(F)(F)F)CCO1. The number of aliphatic carboxylic acids is 1. The molecule has 0 aliphatic carbocycles. The predicted octanol–water partition coefficient (Wildman–Crippen LogP) is 1.90. The highest BCUT2D eigenvalue weighted by atomic mass is 19.4. The van der Waals surface area contributed by atoms with Crippen LogP contribution in [0.4, 0.5) is 13.2 Å². The second-order valence-corrected chi connectivity index (χ2v) is 4.89. The summed E-state index contributed by atoms with van der Waals surface area (Å²) >= 11 is 0. The molecule has 9 heteroatoms. The minimum absolute atomic E-state index is 0.00845. The molecular weight excluding hydrogens is 319 g/mol. The summed E-state index contributed by atoms with van der Waals surface area (Å²) in [5, 5.41) is 8.75. The third-order valence-corrected chi connectivity index (χ3v) is 3.17. The number of para-hydroxylation sites is 1. The molecule has 1 saturated heterocycles. The second kappa shape index (κ2) is 6.86. The van der Waals surface area contributed by atoms with E-state index in [1.807, 2.05) is 0 Å². The zero-order valence-electron chi connectivity index (χ0n) is 11.9. The van der Waals surface area contributed by atoms with Crippen LogP contribution in [-0.4, -0.2) is 54.0 Å². The Morgan fingerprint density at radius 3 is 2.70 bits per heavy atom. The molecule has 0 saturated carbocycles. The molecule has 0 spiro atoms. The van der Waals surface area contributed by atoms with Gasteiger partial charge in [-0.15, -0.1) is 13.2 Å². The Labute approximate surface area is 129 Å². The molecule has 6 nitrogen and oxygen atoms in total. The molecule has 0 radical (unpaired) electrons. The zero-order valence-corrected chi connectivity index (χ0v) is 11.9. The summed E-state index contributed by atoms with van der Waals surface area (Å²) in [6.45, 7) is 0.271. The highest BCUT2D eigenvalue weighted by Gasteiger charge is 2.34. The number of alkyl halides is 3. The van der Waals surface area contributed by atoms with E-state index in [4.69, 9.17) is 9.84 Å². The van der Waals surface area contributed by atoms with Gasteiger partial charge in [0, 0.05) is 13.1 Å². The molecule has 1 N–H and O–H groups in total. The summed E-state index contributed by atoms with van der Waals surface area (Å²) in [5.41, 5.74) is -0.235. The van der Waals surface area contributed by atoms with Gasteiger partial charge in [0.05, 0.1) is 24.7 Å². The Bertz CT molecular complexity index is 590. The Balaban J connectivity index is 2.15. The number of ether oxygens (including phenoxy) is 2. The minimum atomic E-state index is -4.91. The molecule has 126 valence electrons. The summed E-state index contributed by atoms with van der Waals surface area (Å²) in [6, 6.07) is 5.02. The van der Waals surface area contributed by atoms with E-state index in [9.17, 15) is 22.8 Å². The van der Waals surface area contributed by atoms with Gasteiger partial charge in [-0.1, -0.05) is 12.1 Å². The van der Waals surface area contributed by atoms with E-state index < -0.39 is 30.1 Å². The number of hydrogen-bond donors (Lipinski definition) is 1. The summed E-state index contributed by atoms with van der Waals surface area (Å²) in [5.74, 6) is -2.33. The lowest BCUT2D eigenvalue weighted by atomic mass is 10.1. The molecule has 1 unspecified atom stereocenters. The van der Waals surface area contributed by atoms with Crippen molar-refractivity contribution in [2.45, 2.75) is 18.9 Å². The first-order valence-corrected chi connectivity index (χ1v) is 6.73. The number of hydrogen-bond acceptors (Lipinski definition) is 4. The van der Waals surface area contributed by atoms with Crippen molar-refractivity contribution in [2.75, 3.05) is 19.7 Å². The van der Waals surface area contributed by atoms with E-state index >= 15 is 0 Å². The van der Waals surface area contributed by atoms with E-state index in [-0.39, 0.29) is 31.7 Å². The van der Waals surface area contributed by atoms with E-state index in [0.717, 1.165) is 6.07 Å². The van der Waals surface area contributed by atoms with Crippen molar-refractivity contribution < 1.29 is 37.3 Å². The molecule has 1 amide bonds. The number of halogens is 3. The number of carboxylic acid groups (broad SMARTS) is 1. The van der Waals surface area contributed by atoms with Crippen LogP contribution in [0.2, 0.25) is 0 Å². The van der Waals surface area contributed by atoms with Crippen LogP contribution >= 0.6 is 0 Å². The quantitative estimate of drug-likeness (QED) is 0.911. The maximum absolute atomic E-state index is 12.4. The number of carbonyl (C=O) groups is 2. The van der Waals surface area contributed by atoms with Gasteiger partial charge in [-0.2, -0.15) is 0 Å². The molecule has 1 aromatic rings. The van der Waals surface area contributed by atoms with Crippen molar-refractivity contribution in [1.82, 2.24) is 4.90 Å².